The Balaban J connectivity index is 1.74. The number of ether oxygens (including phenoxy) is 1. The van der Waals surface area contributed by atoms with Gasteiger partial charge in [0.1, 0.15) is 11.8 Å². The van der Waals surface area contributed by atoms with Crippen LogP contribution in [-0.4, -0.2) is 58.9 Å². The van der Waals surface area contributed by atoms with Gasteiger partial charge in [0.2, 0.25) is 0 Å². The Kier molecular flexibility index (Phi) is 4.12. The SMILES string of the molecule is CN(C)c1nccnc1[C@@H]1CN(Cc2ccn[nH]2)CCO1. The number of H-pyrrole nitrogens is 1. The predicted octanol–water partition coefficient (Wildman–Crippen LogP) is 0.839. The lowest BCUT2D eigenvalue weighted by Crippen LogP contribution is -2.38. The summed E-state index contributed by atoms with van der Waals surface area (Å²) in [5, 5.41) is 6.99. The van der Waals surface area contributed by atoms with Crippen LogP contribution >= 0.6 is 0 Å². The molecular weight excluding hydrogens is 268 g/mol. The Morgan fingerprint density at radius 2 is 2.19 bits per heavy atom. The van der Waals surface area contributed by atoms with Crippen molar-refractivity contribution in [3.05, 3.63) is 36.0 Å². The van der Waals surface area contributed by atoms with Crippen molar-refractivity contribution >= 4 is 5.82 Å². The maximum atomic E-state index is 5.91. The zero-order valence-electron chi connectivity index (χ0n) is 12.4. The van der Waals surface area contributed by atoms with Gasteiger partial charge in [0.25, 0.3) is 0 Å². The van der Waals surface area contributed by atoms with Gasteiger partial charge < -0.3 is 9.64 Å². The summed E-state index contributed by atoms with van der Waals surface area (Å²) in [4.78, 5) is 13.2. The molecule has 1 saturated heterocycles. The van der Waals surface area contributed by atoms with Crippen molar-refractivity contribution in [1.29, 1.82) is 0 Å². The normalized spacial score (nSPS) is 19.6. The van der Waals surface area contributed by atoms with Crippen LogP contribution < -0.4 is 4.90 Å². The Morgan fingerprint density at radius 1 is 1.33 bits per heavy atom. The van der Waals surface area contributed by atoms with Gasteiger partial charge >= 0.3 is 0 Å². The molecule has 7 nitrogen and oxygen atoms in total. The number of anilines is 1. The molecule has 1 aliphatic rings. The minimum atomic E-state index is -0.0484. The van der Waals surface area contributed by atoms with Gasteiger partial charge in [-0.2, -0.15) is 5.10 Å². The van der Waals surface area contributed by atoms with Crippen LogP contribution in [0.15, 0.2) is 24.7 Å². The molecule has 0 saturated carbocycles. The fourth-order valence-corrected chi connectivity index (χ4v) is 2.54. The highest BCUT2D eigenvalue weighted by molar-refractivity contribution is 5.42. The molecule has 0 radical (unpaired) electrons. The molecule has 0 aliphatic carbocycles. The first-order chi connectivity index (χ1) is 10.2. The molecule has 0 aromatic carbocycles. The van der Waals surface area contributed by atoms with E-state index in [0.717, 1.165) is 36.8 Å². The third-order valence-electron chi connectivity index (χ3n) is 3.54. The standard InChI is InChI=1S/C14H20N6O/c1-19(2)14-13(15-5-6-16-14)12-10-20(7-8-21-12)9-11-3-4-17-18-11/h3-6,12H,7-10H2,1-2H3,(H,17,18)/t12-/m0/s1. The fourth-order valence-electron chi connectivity index (χ4n) is 2.54. The van der Waals surface area contributed by atoms with E-state index in [1.165, 1.54) is 0 Å². The number of hydrogen-bond donors (Lipinski definition) is 1. The monoisotopic (exact) mass is 288 g/mol. The van der Waals surface area contributed by atoms with Crippen LogP contribution in [0.3, 0.4) is 0 Å². The van der Waals surface area contributed by atoms with Gasteiger partial charge in [-0.15, -0.1) is 0 Å². The van der Waals surface area contributed by atoms with E-state index in [1.54, 1.807) is 18.6 Å². The average Bonchev–Trinajstić information content (AvgIpc) is 3.00. The summed E-state index contributed by atoms with van der Waals surface area (Å²) in [7, 11) is 3.94. The van der Waals surface area contributed by atoms with Gasteiger partial charge in [0, 0.05) is 58.0 Å². The van der Waals surface area contributed by atoms with Gasteiger partial charge in [0.15, 0.2) is 5.82 Å². The number of morpholine rings is 1. The zero-order chi connectivity index (χ0) is 14.7. The lowest BCUT2D eigenvalue weighted by Gasteiger charge is -2.33. The second-order valence-electron chi connectivity index (χ2n) is 5.34. The summed E-state index contributed by atoms with van der Waals surface area (Å²) >= 11 is 0. The zero-order valence-corrected chi connectivity index (χ0v) is 12.4. The number of rotatable bonds is 4. The van der Waals surface area contributed by atoms with Crippen molar-refractivity contribution in [2.75, 3.05) is 38.7 Å². The lowest BCUT2D eigenvalue weighted by atomic mass is 10.2. The molecule has 3 rings (SSSR count). The maximum absolute atomic E-state index is 5.91. The molecule has 0 amide bonds. The van der Waals surface area contributed by atoms with E-state index in [0.29, 0.717) is 6.61 Å². The van der Waals surface area contributed by atoms with Crippen LogP contribution in [0.25, 0.3) is 0 Å². The number of nitrogens with one attached hydrogen (secondary N) is 1. The third-order valence-corrected chi connectivity index (χ3v) is 3.54. The van der Waals surface area contributed by atoms with Gasteiger partial charge in [-0.1, -0.05) is 0 Å². The van der Waals surface area contributed by atoms with E-state index in [4.69, 9.17) is 4.74 Å². The summed E-state index contributed by atoms with van der Waals surface area (Å²) in [6.45, 7) is 3.26. The summed E-state index contributed by atoms with van der Waals surface area (Å²) in [5.74, 6) is 0.867. The molecule has 1 fully saturated rings. The van der Waals surface area contributed by atoms with Crippen LogP contribution in [0.2, 0.25) is 0 Å². The molecular formula is C14H20N6O. The summed E-state index contributed by atoms with van der Waals surface area (Å²) in [5.41, 5.74) is 2.01. The molecule has 0 unspecified atom stereocenters. The van der Waals surface area contributed by atoms with E-state index in [9.17, 15) is 0 Å². The summed E-state index contributed by atoms with van der Waals surface area (Å²) < 4.78 is 5.91. The molecule has 21 heavy (non-hydrogen) atoms. The first-order valence-electron chi connectivity index (χ1n) is 7.04. The second kappa shape index (κ2) is 6.19. The Labute approximate surface area is 124 Å². The quantitative estimate of drug-likeness (QED) is 0.899. The Morgan fingerprint density at radius 3 is 2.95 bits per heavy atom. The highest BCUT2D eigenvalue weighted by Gasteiger charge is 2.26. The molecule has 0 spiro atoms. The van der Waals surface area contributed by atoms with E-state index < -0.39 is 0 Å². The molecule has 112 valence electrons. The van der Waals surface area contributed by atoms with Crippen LogP contribution in [0.1, 0.15) is 17.5 Å². The molecule has 1 atom stereocenters. The first-order valence-corrected chi connectivity index (χ1v) is 7.04. The van der Waals surface area contributed by atoms with Crippen LogP contribution in [0.5, 0.6) is 0 Å². The van der Waals surface area contributed by atoms with E-state index in [-0.39, 0.29) is 6.10 Å². The number of aromatic amines is 1. The molecule has 1 aliphatic heterocycles. The lowest BCUT2D eigenvalue weighted by molar-refractivity contribution is -0.0352. The Hall–Kier alpha value is -1.99. The molecule has 2 aromatic heterocycles. The summed E-state index contributed by atoms with van der Waals surface area (Å²) in [6.07, 6.45) is 5.16. The average molecular weight is 288 g/mol. The minimum Gasteiger partial charge on any atom is -0.369 e. The van der Waals surface area contributed by atoms with Gasteiger partial charge in [-0.25, -0.2) is 4.98 Å². The van der Waals surface area contributed by atoms with Crippen LogP contribution in [0.4, 0.5) is 5.82 Å². The van der Waals surface area contributed by atoms with E-state index >= 15 is 0 Å². The molecule has 3 heterocycles. The van der Waals surface area contributed by atoms with Crippen molar-refractivity contribution in [2.45, 2.75) is 12.6 Å². The minimum absolute atomic E-state index is 0.0484. The summed E-state index contributed by atoms with van der Waals surface area (Å²) in [6, 6.07) is 2.00. The smallest absolute Gasteiger partial charge is 0.152 e. The number of nitrogens with zero attached hydrogens (tertiary/aromatic N) is 5. The van der Waals surface area contributed by atoms with Crippen molar-refractivity contribution in [3.63, 3.8) is 0 Å². The molecule has 1 N–H and O–H groups in total. The second-order valence-corrected chi connectivity index (χ2v) is 5.34. The van der Waals surface area contributed by atoms with Crippen molar-refractivity contribution in [3.8, 4) is 0 Å². The molecule has 0 bridgehead atoms. The van der Waals surface area contributed by atoms with Gasteiger partial charge in [0.05, 0.1) is 6.61 Å². The fraction of sp³-hybridized carbons (Fsp3) is 0.500. The maximum Gasteiger partial charge on any atom is 0.152 e. The highest BCUT2D eigenvalue weighted by atomic mass is 16.5. The van der Waals surface area contributed by atoms with E-state index in [2.05, 4.69) is 25.1 Å². The van der Waals surface area contributed by atoms with Crippen molar-refractivity contribution in [1.82, 2.24) is 25.1 Å². The van der Waals surface area contributed by atoms with E-state index in [1.807, 2.05) is 25.1 Å². The largest absolute Gasteiger partial charge is 0.369 e. The highest BCUT2D eigenvalue weighted by Crippen LogP contribution is 2.26. The first kappa shape index (κ1) is 14.0. The molecule has 2 aromatic rings. The molecule has 7 heteroatoms. The predicted molar refractivity (Wildman–Crippen MR) is 78.9 cm³/mol. The number of aromatic nitrogens is 4. The topological polar surface area (TPSA) is 70.2 Å². The van der Waals surface area contributed by atoms with Crippen LogP contribution in [0, 0.1) is 0 Å². The van der Waals surface area contributed by atoms with Crippen LogP contribution in [-0.2, 0) is 11.3 Å². The van der Waals surface area contributed by atoms with Gasteiger partial charge in [-0.05, 0) is 6.07 Å². The third kappa shape index (κ3) is 3.20. The van der Waals surface area contributed by atoms with Crippen molar-refractivity contribution in [2.24, 2.45) is 0 Å². The number of hydrogen-bond acceptors (Lipinski definition) is 6. The Bertz CT molecular complexity index is 571. The van der Waals surface area contributed by atoms with Gasteiger partial charge in [-0.3, -0.25) is 15.0 Å². The van der Waals surface area contributed by atoms with Crippen molar-refractivity contribution < 1.29 is 4.74 Å².